The zero-order valence-electron chi connectivity index (χ0n) is 15.9. The lowest BCUT2D eigenvalue weighted by Crippen LogP contribution is -2.15. The van der Waals surface area contributed by atoms with E-state index in [4.69, 9.17) is 14.2 Å². The second-order valence-electron chi connectivity index (χ2n) is 6.22. The minimum atomic E-state index is -0.308. The van der Waals surface area contributed by atoms with Crippen molar-refractivity contribution in [2.24, 2.45) is 10.1 Å². The highest BCUT2D eigenvalue weighted by atomic mass is 32.1. The number of benzene rings is 2. The molecule has 0 spiro atoms. The number of fused-ring (bicyclic) bond motifs is 1. The summed E-state index contributed by atoms with van der Waals surface area (Å²) < 4.78 is 32.3. The molecule has 0 saturated heterocycles. The Morgan fingerprint density at radius 3 is 2.83 bits per heavy atom. The third-order valence-electron chi connectivity index (χ3n) is 4.27. The maximum absolute atomic E-state index is 14.4. The Morgan fingerprint density at radius 1 is 1.17 bits per heavy atom. The molecule has 0 saturated carbocycles. The minimum absolute atomic E-state index is 0.308. The zero-order chi connectivity index (χ0) is 20.1. The second kappa shape index (κ2) is 9.02. The van der Waals surface area contributed by atoms with Gasteiger partial charge in [0.1, 0.15) is 19.0 Å². The normalized spacial score (nSPS) is 13.9. The maximum Gasteiger partial charge on any atom is 0.206 e. The van der Waals surface area contributed by atoms with Crippen LogP contribution in [-0.2, 0) is 4.74 Å². The Morgan fingerprint density at radius 2 is 2.00 bits per heavy atom. The van der Waals surface area contributed by atoms with Crippen molar-refractivity contribution in [2.75, 3.05) is 33.5 Å². The maximum atomic E-state index is 14.4. The van der Waals surface area contributed by atoms with E-state index in [1.807, 2.05) is 23.6 Å². The van der Waals surface area contributed by atoms with Crippen molar-refractivity contribution in [3.8, 4) is 22.8 Å². The third-order valence-corrected chi connectivity index (χ3v) is 5.12. The van der Waals surface area contributed by atoms with Crippen molar-refractivity contribution in [3.05, 3.63) is 64.0 Å². The molecule has 8 heteroatoms. The number of hydrogen-bond acceptors (Lipinski definition) is 6. The molecule has 0 unspecified atom stereocenters. The van der Waals surface area contributed by atoms with Gasteiger partial charge in [-0.25, -0.2) is 9.07 Å². The van der Waals surface area contributed by atoms with Crippen LogP contribution in [0.5, 0.6) is 11.5 Å². The van der Waals surface area contributed by atoms with Crippen LogP contribution >= 0.6 is 11.3 Å². The van der Waals surface area contributed by atoms with E-state index < -0.39 is 0 Å². The number of nitrogens with zero attached hydrogens (tertiary/aromatic N) is 3. The molecule has 1 aliphatic rings. The summed E-state index contributed by atoms with van der Waals surface area (Å²) in [6, 6.07) is 12.3. The summed E-state index contributed by atoms with van der Waals surface area (Å²) >= 11 is 1.40. The van der Waals surface area contributed by atoms with Crippen LogP contribution in [0, 0.1) is 5.82 Å². The van der Waals surface area contributed by atoms with Crippen LogP contribution in [-0.4, -0.2) is 44.4 Å². The monoisotopic (exact) mass is 413 g/mol. The summed E-state index contributed by atoms with van der Waals surface area (Å²) in [5.74, 6) is 1.10. The molecule has 150 valence electrons. The van der Waals surface area contributed by atoms with Gasteiger partial charge in [0.25, 0.3) is 0 Å². The smallest absolute Gasteiger partial charge is 0.206 e. The molecule has 0 N–H and O–H groups in total. The number of methoxy groups -OCH3 is 1. The van der Waals surface area contributed by atoms with Crippen LogP contribution in [0.2, 0.25) is 0 Å². The number of rotatable bonds is 6. The van der Waals surface area contributed by atoms with E-state index in [9.17, 15) is 4.39 Å². The Balaban J connectivity index is 1.73. The lowest BCUT2D eigenvalue weighted by Gasteiger charge is -2.18. The Labute approximate surface area is 171 Å². The molecule has 1 aromatic heterocycles. The van der Waals surface area contributed by atoms with E-state index in [2.05, 4.69) is 10.1 Å². The van der Waals surface area contributed by atoms with Gasteiger partial charge in [-0.2, -0.15) is 5.10 Å². The van der Waals surface area contributed by atoms with E-state index >= 15 is 0 Å². The van der Waals surface area contributed by atoms with E-state index in [0.29, 0.717) is 48.2 Å². The number of ether oxygens (including phenoxy) is 3. The fraction of sp³-hybridized carbons (Fsp3) is 0.238. The number of thiazole rings is 1. The van der Waals surface area contributed by atoms with Gasteiger partial charge in [0.2, 0.25) is 4.80 Å². The molecule has 0 aliphatic carbocycles. The van der Waals surface area contributed by atoms with Crippen LogP contribution in [0.3, 0.4) is 0 Å². The van der Waals surface area contributed by atoms with Gasteiger partial charge in [0.15, 0.2) is 11.5 Å². The van der Waals surface area contributed by atoms with Crippen LogP contribution in [0.4, 0.5) is 4.39 Å². The average Bonchev–Trinajstić information content (AvgIpc) is 3.15. The molecule has 2 aromatic carbocycles. The predicted octanol–water partition coefficient (Wildman–Crippen LogP) is 3.56. The van der Waals surface area contributed by atoms with Crippen molar-refractivity contribution in [2.45, 2.75) is 0 Å². The Bertz CT molecular complexity index is 1090. The summed E-state index contributed by atoms with van der Waals surface area (Å²) in [5.41, 5.74) is 1.95. The fourth-order valence-electron chi connectivity index (χ4n) is 2.87. The van der Waals surface area contributed by atoms with Crippen molar-refractivity contribution in [1.29, 1.82) is 0 Å². The van der Waals surface area contributed by atoms with Gasteiger partial charge >= 0.3 is 0 Å². The van der Waals surface area contributed by atoms with Crippen molar-refractivity contribution in [3.63, 3.8) is 0 Å². The first-order valence-corrected chi connectivity index (χ1v) is 10.0. The number of aromatic nitrogens is 1. The van der Waals surface area contributed by atoms with E-state index in [1.165, 1.54) is 17.4 Å². The number of hydrogen-bond donors (Lipinski definition) is 0. The number of halogens is 1. The predicted molar refractivity (Wildman–Crippen MR) is 110 cm³/mol. The van der Waals surface area contributed by atoms with E-state index in [1.54, 1.807) is 36.2 Å². The zero-order valence-corrected chi connectivity index (χ0v) is 16.7. The molecule has 0 radical (unpaired) electrons. The summed E-state index contributed by atoms with van der Waals surface area (Å²) in [6.07, 6.45) is 1.70. The molecule has 0 bridgehead atoms. The highest BCUT2D eigenvalue weighted by Crippen LogP contribution is 2.30. The topological polar surface area (TPSA) is 57.3 Å². The third kappa shape index (κ3) is 4.38. The molecule has 6 nitrogen and oxygen atoms in total. The molecule has 2 heterocycles. The molecular weight excluding hydrogens is 393 g/mol. The van der Waals surface area contributed by atoms with Gasteiger partial charge in [0, 0.05) is 18.1 Å². The molecule has 4 rings (SSSR count). The summed E-state index contributed by atoms with van der Waals surface area (Å²) in [4.78, 5) is 5.19. The SMILES string of the molecule is COCCN=c1scc(-c2ccccc2F)n1/N=C\c1ccc2c(c1)OCCO2. The highest BCUT2D eigenvalue weighted by Gasteiger charge is 2.13. The molecule has 1 aliphatic heterocycles. The average molecular weight is 413 g/mol. The lowest BCUT2D eigenvalue weighted by molar-refractivity contribution is 0.171. The first-order valence-electron chi connectivity index (χ1n) is 9.15. The molecule has 29 heavy (non-hydrogen) atoms. The first kappa shape index (κ1) is 19.4. The van der Waals surface area contributed by atoms with Crippen molar-refractivity contribution < 1.29 is 18.6 Å². The van der Waals surface area contributed by atoms with Gasteiger partial charge in [-0.05, 0) is 35.9 Å². The van der Waals surface area contributed by atoms with Gasteiger partial charge in [-0.3, -0.25) is 4.99 Å². The van der Waals surface area contributed by atoms with Crippen LogP contribution in [0.25, 0.3) is 11.3 Å². The molecule has 0 fully saturated rings. The van der Waals surface area contributed by atoms with Crippen molar-refractivity contribution >= 4 is 17.6 Å². The lowest BCUT2D eigenvalue weighted by atomic mass is 10.1. The summed E-state index contributed by atoms with van der Waals surface area (Å²) in [7, 11) is 1.63. The Kier molecular flexibility index (Phi) is 6.02. The van der Waals surface area contributed by atoms with Crippen LogP contribution in [0.15, 0.2) is 57.9 Å². The molecular formula is C21H20FN3O3S. The summed E-state index contributed by atoms with van der Waals surface area (Å²) in [5, 5.41) is 6.44. The standard InChI is InChI=1S/C21H20FN3O3S/c1-26-9-8-23-21-25(18(14-29-21)16-4-2-3-5-17(16)22)24-13-15-6-7-19-20(12-15)28-11-10-27-19/h2-7,12-14H,8-11H2,1H3/b23-21?,24-13-. The van der Waals surface area contributed by atoms with E-state index in [0.717, 1.165) is 11.3 Å². The summed E-state index contributed by atoms with van der Waals surface area (Å²) in [6.45, 7) is 2.06. The first-order chi connectivity index (χ1) is 14.3. The van der Waals surface area contributed by atoms with Gasteiger partial charge in [0.05, 0.1) is 25.1 Å². The fourth-order valence-corrected chi connectivity index (χ4v) is 3.73. The largest absolute Gasteiger partial charge is 0.486 e. The van der Waals surface area contributed by atoms with Crippen LogP contribution < -0.4 is 14.3 Å². The molecule has 0 amide bonds. The van der Waals surface area contributed by atoms with Gasteiger partial charge in [-0.15, -0.1) is 11.3 Å². The second-order valence-corrected chi connectivity index (χ2v) is 7.05. The quantitative estimate of drug-likeness (QED) is 0.459. The van der Waals surface area contributed by atoms with Gasteiger partial charge in [-0.1, -0.05) is 12.1 Å². The molecule has 3 aromatic rings. The van der Waals surface area contributed by atoms with Crippen LogP contribution in [0.1, 0.15) is 5.56 Å². The van der Waals surface area contributed by atoms with Gasteiger partial charge < -0.3 is 14.2 Å². The molecule has 0 atom stereocenters. The Hall–Kier alpha value is -2.97. The highest BCUT2D eigenvalue weighted by molar-refractivity contribution is 7.07. The van der Waals surface area contributed by atoms with Crippen molar-refractivity contribution in [1.82, 2.24) is 4.68 Å². The van der Waals surface area contributed by atoms with E-state index in [-0.39, 0.29) is 5.82 Å². The minimum Gasteiger partial charge on any atom is -0.486 e.